The maximum atomic E-state index is 6.01. The van der Waals surface area contributed by atoms with Gasteiger partial charge in [-0.15, -0.1) is 0 Å². The summed E-state index contributed by atoms with van der Waals surface area (Å²) in [6.07, 6.45) is 0.782. The number of rotatable bonds is 8. The molecule has 0 bridgehead atoms. The van der Waals surface area contributed by atoms with Crippen molar-refractivity contribution in [2.24, 2.45) is 0 Å². The lowest BCUT2D eigenvalue weighted by Gasteiger charge is -2.10. The molecular formula is C17H19ClO3. The van der Waals surface area contributed by atoms with Crippen molar-refractivity contribution in [1.82, 2.24) is 0 Å². The molecule has 0 aliphatic heterocycles. The Bertz CT molecular complexity index is 557. The highest BCUT2D eigenvalue weighted by Crippen LogP contribution is 2.23. The van der Waals surface area contributed by atoms with E-state index in [1.165, 1.54) is 0 Å². The number of halogens is 1. The highest BCUT2D eigenvalue weighted by Gasteiger charge is 2.00. The van der Waals surface area contributed by atoms with E-state index in [0.717, 1.165) is 17.9 Å². The molecule has 0 heterocycles. The molecule has 4 heteroatoms. The fourth-order valence-electron chi connectivity index (χ4n) is 1.81. The quantitative estimate of drug-likeness (QED) is 0.668. The summed E-state index contributed by atoms with van der Waals surface area (Å²) < 4.78 is 16.7. The lowest BCUT2D eigenvalue weighted by Crippen LogP contribution is -2.05. The lowest BCUT2D eigenvalue weighted by atomic mass is 10.3. The Balaban J connectivity index is 1.70. The lowest BCUT2D eigenvalue weighted by molar-refractivity contribution is 0.246. The molecule has 2 aromatic rings. The summed E-state index contributed by atoms with van der Waals surface area (Å²) in [6.45, 7) is 3.75. The standard InChI is InChI=1S/C17H19ClO3/c1-2-19-14-7-5-8-15(13-14)20-11-6-12-21-17-10-4-3-9-16(17)18/h3-5,7-10,13H,2,6,11-12H2,1H3. The van der Waals surface area contributed by atoms with E-state index in [9.17, 15) is 0 Å². The van der Waals surface area contributed by atoms with Gasteiger partial charge in [-0.3, -0.25) is 0 Å². The summed E-state index contributed by atoms with van der Waals surface area (Å²) in [5, 5.41) is 0.628. The van der Waals surface area contributed by atoms with Crippen molar-refractivity contribution in [3.05, 3.63) is 53.6 Å². The van der Waals surface area contributed by atoms with Crippen molar-refractivity contribution in [1.29, 1.82) is 0 Å². The van der Waals surface area contributed by atoms with Gasteiger partial charge in [0.05, 0.1) is 24.8 Å². The highest BCUT2D eigenvalue weighted by molar-refractivity contribution is 6.32. The van der Waals surface area contributed by atoms with Crippen LogP contribution in [0.2, 0.25) is 5.02 Å². The number of benzene rings is 2. The Morgan fingerprint density at radius 3 is 2.33 bits per heavy atom. The summed E-state index contributed by atoms with van der Waals surface area (Å²) in [5.74, 6) is 2.33. The predicted octanol–water partition coefficient (Wildman–Crippen LogP) is 4.59. The summed E-state index contributed by atoms with van der Waals surface area (Å²) in [5.41, 5.74) is 0. The van der Waals surface area contributed by atoms with E-state index >= 15 is 0 Å². The van der Waals surface area contributed by atoms with Gasteiger partial charge >= 0.3 is 0 Å². The third-order valence-electron chi connectivity index (χ3n) is 2.77. The molecule has 0 unspecified atom stereocenters. The molecule has 2 rings (SSSR count). The van der Waals surface area contributed by atoms with E-state index in [0.29, 0.717) is 30.6 Å². The zero-order valence-corrected chi connectivity index (χ0v) is 12.8. The molecular weight excluding hydrogens is 288 g/mol. The monoisotopic (exact) mass is 306 g/mol. The minimum atomic E-state index is 0.564. The maximum Gasteiger partial charge on any atom is 0.137 e. The Morgan fingerprint density at radius 1 is 0.857 bits per heavy atom. The molecule has 0 spiro atoms. The van der Waals surface area contributed by atoms with Crippen LogP contribution in [0, 0.1) is 0 Å². The van der Waals surface area contributed by atoms with E-state index < -0.39 is 0 Å². The minimum Gasteiger partial charge on any atom is -0.494 e. The third-order valence-corrected chi connectivity index (χ3v) is 3.08. The van der Waals surface area contributed by atoms with Crippen molar-refractivity contribution in [3.63, 3.8) is 0 Å². The Morgan fingerprint density at radius 2 is 1.57 bits per heavy atom. The van der Waals surface area contributed by atoms with Gasteiger partial charge in [0.25, 0.3) is 0 Å². The number of hydrogen-bond donors (Lipinski definition) is 0. The van der Waals surface area contributed by atoms with E-state index in [4.69, 9.17) is 25.8 Å². The molecule has 2 aromatic carbocycles. The van der Waals surface area contributed by atoms with Crippen LogP contribution in [0.5, 0.6) is 17.2 Å². The van der Waals surface area contributed by atoms with Gasteiger partial charge in [-0.1, -0.05) is 29.8 Å². The second-order valence-corrected chi connectivity index (χ2v) is 4.80. The first-order valence-corrected chi connectivity index (χ1v) is 7.40. The van der Waals surface area contributed by atoms with E-state index in [-0.39, 0.29) is 0 Å². The summed E-state index contributed by atoms with van der Waals surface area (Å²) >= 11 is 6.01. The Kier molecular flexibility index (Phi) is 6.22. The van der Waals surface area contributed by atoms with Crippen molar-refractivity contribution in [2.45, 2.75) is 13.3 Å². The minimum absolute atomic E-state index is 0.564. The smallest absolute Gasteiger partial charge is 0.137 e. The van der Waals surface area contributed by atoms with Gasteiger partial charge in [-0.2, -0.15) is 0 Å². The van der Waals surface area contributed by atoms with Gasteiger partial charge in [-0.05, 0) is 31.2 Å². The first-order valence-electron chi connectivity index (χ1n) is 7.02. The average Bonchev–Trinajstić information content (AvgIpc) is 2.49. The maximum absolute atomic E-state index is 6.01. The molecule has 0 fully saturated rings. The van der Waals surface area contributed by atoms with Crippen molar-refractivity contribution in [2.75, 3.05) is 19.8 Å². The molecule has 0 N–H and O–H groups in total. The van der Waals surface area contributed by atoms with Crippen LogP contribution < -0.4 is 14.2 Å². The molecule has 0 atom stereocenters. The average molecular weight is 307 g/mol. The van der Waals surface area contributed by atoms with Gasteiger partial charge in [0, 0.05) is 12.5 Å². The van der Waals surface area contributed by atoms with Crippen LogP contribution in [-0.2, 0) is 0 Å². The Hall–Kier alpha value is -1.87. The first-order chi connectivity index (χ1) is 10.3. The molecule has 21 heavy (non-hydrogen) atoms. The van der Waals surface area contributed by atoms with Crippen LogP contribution in [-0.4, -0.2) is 19.8 Å². The van der Waals surface area contributed by atoms with Crippen LogP contribution in [0.4, 0.5) is 0 Å². The van der Waals surface area contributed by atoms with Gasteiger partial charge in [0.2, 0.25) is 0 Å². The third kappa shape index (κ3) is 5.20. The second-order valence-electron chi connectivity index (χ2n) is 4.39. The number of ether oxygens (including phenoxy) is 3. The van der Waals surface area contributed by atoms with Gasteiger partial charge in [0.15, 0.2) is 0 Å². The normalized spacial score (nSPS) is 10.2. The first kappa shape index (κ1) is 15.5. The topological polar surface area (TPSA) is 27.7 Å². The van der Waals surface area contributed by atoms with E-state index in [2.05, 4.69) is 0 Å². The molecule has 0 aliphatic carbocycles. The molecule has 3 nitrogen and oxygen atoms in total. The van der Waals surface area contributed by atoms with Crippen molar-refractivity contribution >= 4 is 11.6 Å². The Labute approximate surface area is 130 Å². The molecule has 0 saturated heterocycles. The van der Waals surface area contributed by atoms with E-state index in [1.807, 2.05) is 55.5 Å². The molecule has 112 valence electrons. The van der Waals surface area contributed by atoms with E-state index in [1.54, 1.807) is 0 Å². The van der Waals surface area contributed by atoms with Crippen LogP contribution in [0.1, 0.15) is 13.3 Å². The SMILES string of the molecule is CCOc1cccc(OCCCOc2ccccc2Cl)c1. The van der Waals surface area contributed by atoms with Crippen LogP contribution in [0.25, 0.3) is 0 Å². The number of hydrogen-bond acceptors (Lipinski definition) is 3. The molecule has 0 amide bonds. The van der Waals surface area contributed by atoms with Crippen molar-refractivity contribution in [3.8, 4) is 17.2 Å². The summed E-state index contributed by atoms with van der Waals surface area (Å²) in [6, 6.07) is 15.1. The number of para-hydroxylation sites is 1. The molecule has 0 saturated carbocycles. The fourth-order valence-corrected chi connectivity index (χ4v) is 2.00. The van der Waals surface area contributed by atoms with Gasteiger partial charge < -0.3 is 14.2 Å². The molecule has 0 aliphatic rings. The van der Waals surface area contributed by atoms with Crippen LogP contribution in [0.3, 0.4) is 0 Å². The summed E-state index contributed by atoms with van der Waals surface area (Å²) in [7, 11) is 0. The largest absolute Gasteiger partial charge is 0.494 e. The van der Waals surface area contributed by atoms with Crippen molar-refractivity contribution < 1.29 is 14.2 Å². The predicted molar refractivity (Wildman–Crippen MR) is 84.7 cm³/mol. The van der Waals surface area contributed by atoms with Crippen LogP contribution >= 0.6 is 11.6 Å². The summed E-state index contributed by atoms with van der Waals surface area (Å²) in [4.78, 5) is 0. The molecule has 0 radical (unpaired) electrons. The zero-order chi connectivity index (χ0) is 14.9. The van der Waals surface area contributed by atoms with Gasteiger partial charge in [0.1, 0.15) is 17.2 Å². The fraction of sp³-hybridized carbons (Fsp3) is 0.294. The molecule has 0 aromatic heterocycles. The van der Waals surface area contributed by atoms with Gasteiger partial charge in [-0.25, -0.2) is 0 Å². The second kappa shape index (κ2) is 8.42. The van der Waals surface area contributed by atoms with Crippen LogP contribution in [0.15, 0.2) is 48.5 Å². The zero-order valence-electron chi connectivity index (χ0n) is 12.0. The highest BCUT2D eigenvalue weighted by atomic mass is 35.5.